The lowest BCUT2D eigenvalue weighted by Crippen LogP contribution is -2.32. The van der Waals surface area contributed by atoms with E-state index in [4.69, 9.17) is 9.97 Å². The van der Waals surface area contributed by atoms with Crippen LogP contribution < -0.4 is 9.80 Å². The van der Waals surface area contributed by atoms with Gasteiger partial charge in [0.2, 0.25) is 0 Å². The van der Waals surface area contributed by atoms with Crippen LogP contribution in [0.2, 0.25) is 0 Å². The number of carbonyl (C=O) groups is 1. The van der Waals surface area contributed by atoms with Gasteiger partial charge < -0.3 is 4.90 Å². The maximum Gasteiger partial charge on any atom is 0.259 e. The van der Waals surface area contributed by atoms with E-state index in [1.54, 1.807) is 4.90 Å². The number of rotatable bonds is 1. The summed E-state index contributed by atoms with van der Waals surface area (Å²) in [5.41, 5.74) is 2.32. The van der Waals surface area contributed by atoms with E-state index >= 15 is 0 Å². The Kier molecular flexibility index (Phi) is 4.29. The van der Waals surface area contributed by atoms with Crippen molar-refractivity contribution in [3.63, 3.8) is 0 Å². The van der Waals surface area contributed by atoms with Crippen LogP contribution in [-0.2, 0) is 0 Å². The topological polar surface area (TPSA) is 49.3 Å². The third-order valence-electron chi connectivity index (χ3n) is 4.36. The molecule has 0 saturated carbocycles. The van der Waals surface area contributed by atoms with Gasteiger partial charge in [-0.25, -0.2) is 9.97 Å². The van der Waals surface area contributed by atoms with Crippen molar-refractivity contribution in [2.75, 3.05) is 29.9 Å². The van der Waals surface area contributed by atoms with E-state index in [2.05, 4.69) is 27.5 Å². The van der Waals surface area contributed by atoms with Gasteiger partial charge in [0.05, 0.1) is 11.0 Å². The Labute approximate surface area is 159 Å². The van der Waals surface area contributed by atoms with Crippen molar-refractivity contribution >= 4 is 51.2 Å². The van der Waals surface area contributed by atoms with Crippen LogP contribution in [0.25, 0.3) is 11.0 Å². The Morgan fingerprint density at radius 3 is 2.28 bits per heavy atom. The summed E-state index contributed by atoms with van der Waals surface area (Å²) in [4.78, 5) is 26.5. The first-order valence-corrected chi connectivity index (χ1v) is 9.27. The van der Waals surface area contributed by atoms with Crippen LogP contribution in [0.1, 0.15) is 16.8 Å². The molecule has 0 radical (unpaired) electrons. The standard InChI is InChI=1S/C19H17IN4O/c1-23-11-4-12-24(19(25)13-7-9-14(20)10-8-13)18-17(23)21-15-5-2-3-6-16(15)22-18/h2-3,5-10H,4,11-12H2,1H3. The highest BCUT2D eigenvalue weighted by Gasteiger charge is 2.27. The highest BCUT2D eigenvalue weighted by atomic mass is 127. The lowest BCUT2D eigenvalue weighted by molar-refractivity contribution is 0.0986. The Bertz CT molecular complexity index is 942. The third-order valence-corrected chi connectivity index (χ3v) is 5.08. The normalized spacial score (nSPS) is 14.3. The number of aromatic nitrogens is 2. The van der Waals surface area contributed by atoms with Crippen molar-refractivity contribution in [1.82, 2.24) is 9.97 Å². The maximum atomic E-state index is 13.1. The van der Waals surface area contributed by atoms with Crippen LogP contribution in [0, 0.1) is 3.57 Å². The van der Waals surface area contributed by atoms with Crippen LogP contribution in [0.5, 0.6) is 0 Å². The van der Waals surface area contributed by atoms with Gasteiger partial charge in [-0.05, 0) is 65.4 Å². The van der Waals surface area contributed by atoms with Crippen LogP contribution in [0.15, 0.2) is 48.5 Å². The Hall–Kier alpha value is -2.22. The first kappa shape index (κ1) is 16.3. The molecule has 0 unspecified atom stereocenters. The highest BCUT2D eigenvalue weighted by molar-refractivity contribution is 14.1. The zero-order valence-corrected chi connectivity index (χ0v) is 16.0. The molecule has 1 aliphatic heterocycles. The molecular formula is C19H17IN4O. The van der Waals surface area contributed by atoms with Gasteiger partial charge >= 0.3 is 0 Å². The maximum absolute atomic E-state index is 13.1. The molecule has 1 amide bonds. The van der Waals surface area contributed by atoms with Gasteiger partial charge in [0.1, 0.15) is 0 Å². The van der Waals surface area contributed by atoms with Gasteiger partial charge in [-0.2, -0.15) is 0 Å². The molecule has 25 heavy (non-hydrogen) atoms. The summed E-state index contributed by atoms with van der Waals surface area (Å²) >= 11 is 2.24. The first-order valence-electron chi connectivity index (χ1n) is 8.19. The molecule has 0 spiro atoms. The second-order valence-corrected chi connectivity index (χ2v) is 7.34. The molecular weight excluding hydrogens is 427 g/mol. The minimum atomic E-state index is -0.0301. The van der Waals surface area contributed by atoms with E-state index in [-0.39, 0.29) is 5.91 Å². The summed E-state index contributed by atoms with van der Waals surface area (Å²) in [6, 6.07) is 15.4. The predicted octanol–water partition coefficient (Wildman–Crippen LogP) is 3.72. The van der Waals surface area contributed by atoms with Gasteiger partial charge in [-0.3, -0.25) is 9.69 Å². The quantitative estimate of drug-likeness (QED) is 0.537. The zero-order valence-electron chi connectivity index (χ0n) is 13.8. The largest absolute Gasteiger partial charge is 0.357 e. The van der Waals surface area contributed by atoms with E-state index in [0.717, 1.165) is 33.4 Å². The van der Waals surface area contributed by atoms with Gasteiger partial charge in [0.25, 0.3) is 5.91 Å². The summed E-state index contributed by atoms with van der Waals surface area (Å²) in [6.45, 7) is 1.48. The summed E-state index contributed by atoms with van der Waals surface area (Å²) in [5, 5.41) is 0. The number of para-hydroxylation sites is 2. The SMILES string of the molecule is CN1CCCN(C(=O)c2ccc(I)cc2)c2nc3ccccc3nc21. The van der Waals surface area contributed by atoms with Gasteiger partial charge in [-0.1, -0.05) is 12.1 Å². The zero-order chi connectivity index (χ0) is 17.4. The average Bonchev–Trinajstić information content (AvgIpc) is 2.79. The second-order valence-electron chi connectivity index (χ2n) is 6.10. The van der Waals surface area contributed by atoms with Gasteiger partial charge in [0.15, 0.2) is 11.6 Å². The molecule has 0 aliphatic carbocycles. The fraction of sp³-hybridized carbons (Fsp3) is 0.211. The van der Waals surface area contributed by atoms with E-state index in [1.807, 2.05) is 55.6 Å². The molecule has 2 heterocycles. The molecule has 5 nitrogen and oxygen atoms in total. The predicted molar refractivity (Wildman–Crippen MR) is 108 cm³/mol. The minimum absolute atomic E-state index is 0.0301. The molecule has 3 aromatic rings. The van der Waals surface area contributed by atoms with Crippen molar-refractivity contribution in [2.24, 2.45) is 0 Å². The number of amides is 1. The number of anilines is 2. The summed E-state index contributed by atoms with van der Waals surface area (Å²) in [7, 11) is 2.00. The fourth-order valence-electron chi connectivity index (χ4n) is 3.04. The molecule has 0 atom stereocenters. The molecule has 0 N–H and O–H groups in total. The molecule has 1 aromatic heterocycles. The minimum Gasteiger partial charge on any atom is -0.357 e. The van der Waals surface area contributed by atoms with E-state index in [0.29, 0.717) is 17.9 Å². The van der Waals surface area contributed by atoms with Crippen molar-refractivity contribution in [2.45, 2.75) is 6.42 Å². The van der Waals surface area contributed by atoms with E-state index in [1.165, 1.54) is 0 Å². The van der Waals surface area contributed by atoms with Crippen molar-refractivity contribution < 1.29 is 4.79 Å². The molecule has 6 heteroatoms. The Balaban J connectivity index is 1.84. The summed E-state index contributed by atoms with van der Waals surface area (Å²) in [5.74, 6) is 1.37. The highest BCUT2D eigenvalue weighted by Crippen LogP contribution is 2.31. The number of hydrogen-bond donors (Lipinski definition) is 0. The number of halogens is 1. The number of fused-ring (bicyclic) bond motifs is 2. The van der Waals surface area contributed by atoms with Gasteiger partial charge in [-0.15, -0.1) is 0 Å². The van der Waals surface area contributed by atoms with Crippen molar-refractivity contribution in [3.05, 3.63) is 57.7 Å². The third kappa shape index (κ3) is 3.06. The van der Waals surface area contributed by atoms with Gasteiger partial charge in [0, 0.05) is 29.3 Å². The molecule has 4 rings (SSSR count). The Morgan fingerprint density at radius 1 is 0.960 bits per heavy atom. The Morgan fingerprint density at radius 2 is 1.60 bits per heavy atom. The monoisotopic (exact) mass is 444 g/mol. The van der Waals surface area contributed by atoms with Crippen LogP contribution in [-0.4, -0.2) is 36.0 Å². The lowest BCUT2D eigenvalue weighted by atomic mass is 10.2. The number of nitrogens with zero attached hydrogens (tertiary/aromatic N) is 4. The molecule has 126 valence electrons. The average molecular weight is 444 g/mol. The smallest absolute Gasteiger partial charge is 0.259 e. The number of hydrogen-bond acceptors (Lipinski definition) is 4. The summed E-state index contributed by atoms with van der Waals surface area (Å²) < 4.78 is 1.11. The molecule has 1 aliphatic rings. The van der Waals surface area contributed by atoms with Crippen molar-refractivity contribution in [3.8, 4) is 0 Å². The van der Waals surface area contributed by atoms with Crippen LogP contribution in [0.4, 0.5) is 11.6 Å². The fourth-order valence-corrected chi connectivity index (χ4v) is 3.40. The summed E-state index contributed by atoms with van der Waals surface area (Å²) in [6.07, 6.45) is 0.876. The molecule has 0 bridgehead atoms. The molecule has 0 saturated heterocycles. The van der Waals surface area contributed by atoms with Crippen LogP contribution >= 0.6 is 22.6 Å². The number of benzene rings is 2. The van der Waals surface area contributed by atoms with E-state index in [9.17, 15) is 4.79 Å². The lowest BCUT2D eigenvalue weighted by Gasteiger charge is -2.23. The second kappa shape index (κ2) is 6.59. The first-order chi connectivity index (χ1) is 12.1. The molecule has 2 aromatic carbocycles. The number of carbonyl (C=O) groups excluding carboxylic acids is 1. The molecule has 0 fully saturated rings. The van der Waals surface area contributed by atoms with E-state index < -0.39 is 0 Å². The van der Waals surface area contributed by atoms with Crippen molar-refractivity contribution in [1.29, 1.82) is 0 Å². The van der Waals surface area contributed by atoms with Crippen LogP contribution in [0.3, 0.4) is 0 Å².